The predicted octanol–water partition coefficient (Wildman–Crippen LogP) is 3.02. The van der Waals surface area contributed by atoms with Crippen LogP contribution in [0.5, 0.6) is 0 Å². The third-order valence-electron chi connectivity index (χ3n) is 3.01. The van der Waals surface area contributed by atoms with E-state index in [1.165, 1.54) is 17.6 Å². The topological polar surface area (TPSA) is 38.3 Å². The second-order valence-electron chi connectivity index (χ2n) is 4.80. The van der Waals surface area contributed by atoms with Gasteiger partial charge in [0.05, 0.1) is 7.11 Å². The maximum atomic E-state index is 11.9. The van der Waals surface area contributed by atoms with Gasteiger partial charge in [-0.25, -0.2) is 0 Å². The zero-order chi connectivity index (χ0) is 14.3. The summed E-state index contributed by atoms with van der Waals surface area (Å²) in [4.78, 5) is 13.2. The fourth-order valence-corrected chi connectivity index (χ4v) is 2.88. The molecule has 19 heavy (non-hydrogen) atoms. The number of rotatable bonds is 7. The molecule has 1 atom stereocenters. The van der Waals surface area contributed by atoms with E-state index in [0.29, 0.717) is 5.75 Å². The minimum Gasteiger partial charge on any atom is -0.468 e. The predicted molar refractivity (Wildman–Crippen MR) is 80.6 cm³/mol. The van der Waals surface area contributed by atoms with E-state index >= 15 is 0 Å². The van der Waals surface area contributed by atoms with Gasteiger partial charge in [0.15, 0.2) is 0 Å². The highest BCUT2D eigenvalue weighted by molar-refractivity contribution is 7.99. The van der Waals surface area contributed by atoms with Gasteiger partial charge in [-0.05, 0) is 38.4 Å². The van der Waals surface area contributed by atoms with Gasteiger partial charge < -0.3 is 10.1 Å². The molecule has 3 nitrogen and oxygen atoms in total. The standard InChI is InChI=1S/C15H23NO2S/c1-5-10-16-15(3,14(17)18-4)11-19-13-9-7-6-8-12(13)2/h6-9,16H,5,10-11H2,1-4H3. The van der Waals surface area contributed by atoms with E-state index in [1.54, 1.807) is 11.8 Å². The minimum atomic E-state index is -0.641. The summed E-state index contributed by atoms with van der Waals surface area (Å²) in [6.45, 7) is 6.87. The molecular formula is C15H23NO2S. The van der Waals surface area contributed by atoms with Crippen LogP contribution in [0.15, 0.2) is 29.2 Å². The van der Waals surface area contributed by atoms with E-state index in [0.717, 1.165) is 13.0 Å². The number of nitrogens with one attached hydrogen (secondary N) is 1. The van der Waals surface area contributed by atoms with Gasteiger partial charge in [0.1, 0.15) is 5.54 Å². The first-order valence-electron chi connectivity index (χ1n) is 6.55. The lowest BCUT2D eigenvalue weighted by Crippen LogP contribution is -2.52. The van der Waals surface area contributed by atoms with Crippen LogP contribution in [0.25, 0.3) is 0 Å². The second-order valence-corrected chi connectivity index (χ2v) is 5.82. The highest BCUT2D eigenvalue weighted by Crippen LogP contribution is 2.26. The molecule has 0 radical (unpaired) electrons. The van der Waals surface area contributed by atoms with Gasteiger partial charge in [0, 0.05) is 10.6 Å². The molecule has 1 N–H and O–H groups in total. The van der Waals surface area contributed by atoms with Gasteiger partial charge in [-0.3, -0.25) is 4.79 Å². The Balaban J connectivity index is 2.73. The lowest BCUT2D eigenvalue weighted by Gasteiger charge is -2.27. The normalized spacial score (nSPS) is 13.9. The van der Waals surface area contributed by atoms with Crippen LogP contribution >= 0.6 is 11.8 Å². The molecule has 0 aromatic heterocycles. The van der Waals surface area contributed by atoms with Crippen molar-refractivity contribution in [2.45, 2.75) is 37.6 Å². The molecular weight excluding hydrogens is 258 g/mol. The van der Waals surface area contributed by atoms with Gasteiger partial charge >= 0.3 is 5.97 Å². The van der Waals surface area contributed by atoms with Gasteiger partial charge in [0.2, 0.25) is 0 Å². The molecule has 0 saturated heterocycles. The Bertz CT molecular complexity index is 422. The van der Waals surface area contributed by atoms with Gasteiger partial charge in [-0.15, -0.1) is 11.8 Å². The lowest BCUT2D eigenvalue weighted by atomic mass is 10.1. The molecule has 1 aromatic carbocycles. The van der Waals surface area contributed by atoms with E-state index in [9.17, 15) is 4.79 Å². The number of hydrogen-bond donors (Lipinski definition) is 1. The highest BCUT2D eigenvalue weighted by Gasteiger charge is 2.33. The zero-order valence-electron chi connectivity index (χ0n) is 12.2. The van der Waals surface area contributed by atoms with Crippen molar-refractivity contribution >= 4 is 17.7 Å². The molecule has 1 rings (SSSR count). The number of hydrogen-bond acceptors (Lipinski definition) is 4. The summed E-state index contributed by atoms with van der Waals surface area (Å²) in [5.41, 5.74) is 0.591. The van der Waals surface area contributed by atoms with Crippen LogP contribution in [0.4, 0.5) is 0 Å². The quantitative estimate of drug-likeness (QED) is 0.616. The number of thioether (sulfide) groups is 1. The molecule has 4 heteroatoms. The van der Waals surface area contributed by atoms with Crippen LogP contribution in [0.1, 0.15) is 25.8 Å². The number of esters is 1. The Labute approximate surface area is 120 Å². The van der Waals surface area contributed by atoms with E-state index in [-0.39, 0.29) is 5.97 Å². The summed E-state index contributed by atoms with van der Waals surface area (Å²) < 4.78 is 4.92. The monoisotopic (exact) mass is 281 g/mol. The van der Waals surface area contributed by atoms with Crippen LogP contribution in [0.2, 0.25) is 0 Å². The van der Waals surface area contributed by atoms with Gasteiger partial charge in [0.25, 0.3) is 0 Å². The van der Waals surface area contributed by atoms with Crippen LogP contribution in [-0.4, -0.2) is 30.9 Å². The Hall–Kier alpha value is -1.00. The minimum absolute atomic E-state index is 0.206. The second kappa shape index (κ2) is 7.56. The first kappa shape index (κ1) is 16.1. The van der Waals surface area contributed by atoms with E-state index in [2.05, 4.69) is 31.3 Å². The van der Waals surface area contributed by atoms with Crippen molar-refractivity contribution in [3.8, 4) is 0 Å². The van der Waals surface area contributed by atoms with Gasteiger partial charge in [-0.2, -0.15) is 0 Å². The fraction of sp³-hybridized carbons (Fsp3) is 0.533. The summed E-state index contributed by atoms with van der Waals surface area (Å²) in [6.07, 6.45) is 0.988. The highest BCUT2D eigenvalue weighted by atomic mass is 32.2. The van der Waals surface area contributed by atoms with Crippen molar-refractivity contribution < 1.29 is 9.53 Å². The third-order valence-corrected chi connectivity index (χ3v) is 4.50. The summed E-state index contributed by atoms with van der Waals surface area (Å²) in [5.74, 6) is 0.451. The summed E-state index contributed by atoms with van der Waals surface area (Å²) in [6, 6.07) is 8.20. The lowest BCUT2D eigenvalue weighted by molar-refractivity contribution is -0.146. The Morgan fingerprint density at radius 2 is 2.11 bits per heavy atom. The number of aryl methyl sites for hydroxylation is 1. The number of methoxy groups -OCH3 is 1. The van der Waals surface area contributed by atoms with Gasteiger partial charge in [-0.1, -0.05) is 25.1 Å². The average Bonchev–Trinajstić information content (AvgIpc) is 2.43. The van der Waals surface area contributed by atoms with Crippen molar-refractivity contribution in [1.82, 2.24) is 5.32 Å². The van der Waals surface area contributed by atoms with Crippen molar-refractivity contribution in [1.29, 1.82) is 0 Å². The molecule has 0 bridgehead atoms. The molecule has 106 valence electrons. The molecule has 0 amide bonds. The first-order valence-corrected chi connectivity index (χ1v) is 7.54. The molecule has 0 aliphatic carbocycles. The molecule has 0 saturated carbocycles. The molecule has 0 fully saturated rings. The molecule has 0 aliphatic rings. The third kappa shape index (κ3) is 4.55. The Kier molecular flexibility index (Phi) is 6.38. The van der Waals surface area contributed by atoms with Crippen molar-refractivity contribution in [3.05, 3.63) is 29.8 Å². The summed E-state index contributed by atoms with van der Waals surface area (Å²) >= 11 is 1.68. The number of ether oxygens (including phenoxy) is 1. The SMILES string of the molecule is CCCNC(C)(CSc1ccccc1C)C(=O)OC. The largest absolute Gasteiger partial charge is 0.468 e. The van der Waals surface area contributed by atoms with E-state index in [4.69, 9.17) is 4.74 Å². The first-order chi connectivity index (χ1) is 9.03. The maximum absolute atomic E-state index is 11.9. The Morgan fingerprint density at radius 1 is 1.42 bits per heavy atom. The molecule has 0 spiro atoms. The number of benzene rings is 1. The fourth-order valence-electron chi connectivity index (χ4n) is 1.75. The van der Waals surface area contributed by atoms with Crippen LogP contribution in [-0.2, 0) is 9.53 Å². The molecule has 1 unspecified atom stereocenters. The van der Waals surface area contributed by atoms with Crippen molar-refractivity contribution in [2.24, 2.45) is 0 Å². The zero-order valence-corrected chi connectivity index (χ0v) is 13.0. The number of carbonyl (C=O) groups is 1. The molecule has 0 heterocycles. The summed E-state index contributed by atoms with van der Waals surface area (Å²) in [5, 5.41) is 3.29. The van der Waals surface area contributed by atoms with E-state index in [1.807, 2.05) is 19.1 Å². The molecule has 1 aromatic rings. The van der Waals surface area contributed by atoms with E-state index < -0.39 is 5.54 Å². The summed E-state index contributed by atoms with van der Waals surface area (Å²) in [7, 11) is 1.44. The number of carbonyl (C=O) groups excluding carboxylic acids is 1. The van der Waals surface area contributed by atoms with Crippen molar-refractivity contribution in [2.75, 3.05) is 19.4 Å². The average molecular weight is 281 g/mol. The Morgan fingerprint density at radius 3 is 2.68 bits per heavy atom. The van der Waals surface area contributed by atoms with Crippen LogP contribution in [0.3, 0.4) is 0 Å². The molecule has 0 aliphatic heterocycles. The van der Waals surface area contributed by atoms with Crippen molar-refractivity contribution in [3.63, 3.8) is 0 Å². The smallest absolute Gasteiger partial charge is 0.326 e. The van der Waals surface area contributed by atoms with Crippen LogP contribution < -0.4 is 5.32 Å². The van der Waals surface area contributed by atoms with Crippen LogP contribution in [0, 0.1) is 6.92 Å². The maximum Gasteiger partial charge on any atom is 0.326 e.